The monoisotopic (exact) mass is 219 g/mol. The summed E-state index contributed by atoms with van der Waals surface area (Å²) in [4.78, 5) is 14.9. The summed E-state index contributed by atoms with van der Waals surface area (Å²) in [5.74, 6) is -0.984. The van der Waals surface area contributed by atoms with Gasteiger partial charge in [0.25, 0.3) is 0 Å². The minimum absolute atomic E-state index is 0.490. The average Bonchev–Trinajstić information content (AvgIpc) is 2.27. The summed E-state index contributed by atoms with van der Waals surface area (Å²) in [7, 11) is 0. The number of thiol groups is 1. The SMILES string of the molecule is O=C(O)C(S)c1nccc2ccccc12. The van der Waals surface area contributed by atoms with Crippen LogP contribution < -0.4 is 0 Å². The summed E-state index contributed by atoms with van der Waals surface area (Å²) < 4.78 is 0. The van der Waals surface area contributed by atoms with Crippen molar-refractivity contribution in [2.45, 2.75) is 5.25 Å². The molecule has 15 heavy (non-hydrogen) atoms. The molecule has 0 fully saturated rings. The van der Waals surface area contributed by atoms with Crippen LogP contribution in [0.4, 0.5) is 0 Å². The molecule has 4 heteroatoms. The number of rotatable bonds is 2. The number of carboxylic acid groups (broad SMARTS) is 1. The van der Waals surface area contributed by atoms with Gasteiger partial charge in [-0.3, -0.25) is 9.78 Å². The molecule has 1 unspecified atom stereocenters. The van der Waals surface area contributed by atoms with Gasteiger partial charge in [0.2, 0.25) is 0 Å². The largest absolute Gasteiger partial charge is 0.480 e. The van der Waals surface area contributed by atoms with Crippen molar-refractivity contribution < 1.29 is 9.90 Å². The summed E-state index contributed by atoms with van der Waals surface area (Å²) in [6.45, 7) is 0. The van der Waals surface area contributed by atoms with Crippen LogP contribution in [0.15, 0.2) is 36.5 Å². The normalized spacial score (nSPS) is 12.6. The third kappa shape index (κ3) is 1.80. The lowest BCUT2D eigenvalue weighted by atomic mass is 10.1. The average molecular weight is 219 g/mol. The van der Waals surface area contributed by atoms with Crippen LogP contribution in [0.1, 0.15) is 10.9 Å². The highest BCUT2D eigenvalue weighted by atomic mass is 32.1. The van der Waals surface area contributed by atoms with Crippen molar-refractivity contribution in [1.29, 1.82) is 0 Å². The Morgan fingerprint density at radius 3 is 2.80 bits per heavy atom. The molecule has 3 nitrogen and oxygen atoms in total. The van der Waals surface area contributed by atoms with Crippen molar-refractivity contribution in [3.05, 3.63) is 42.2 Å². The van der Waals surface area contributed by atoms with Crippen molar-refractivity contribution in [2.24, 2.45) is 0 Å². The second kappa shape index (κ2) is 3.90. The van der Waals surface area contributed by atoms with Crippen LogP contribution in [-0.2, 0) is 4.79 Å². The van der Waals surface area contributed by atoms with Gasteiger partial charge in [-0.1, -0.05) is 24.3 Å². The van der Waals surface area contributed by atoms with E-state index in [9.17, 15) is 4.79 Å². The van der Waals surface area contributed by atoms with E-state index in [-0.39, 0.29) is 0 Å². The summed E-state index contributed by atoms with van der Waals surface area (Å²) in [5.41, 5.74) is 0.490. The zero-order chi connectivity index (χ0) is 10.8. The van der Waals surface area contributed by atoms with Gasteiger partial charge < -0.3 is 5.11 Å². The van der Waals surface area contributed by atoms with Gasteiger partial charge in [0.15, 0.2) is 0 Å². The van der Waals surface area contributed by atoms with E-state index in [0.29, 0.717) is 5.69 Å². The molecule has 0 aliphatic heterocycles. The smallest absolute Gasteiger partial charge is 0.322 e. The second-order valence-electron chi connectivity index (χ2n) is 3.16. The number of carboxylic acids is 1. The van der Waals surface area contributed by atoms with Crippen LogP contribution in [0.3, 0.4) is 0 Å². The fraction of sp³-hybridized carbons (Fsp3) is 0.0909. The molecule has 1 aromatic heterocycles. The highest BCUT2D eigenvalue weighted by Gasteiger charge is 2.18. The number of nitrogens with zero attached hydrogens (tertiary/aromatic N) is 1. The molecule has 0 saturated carbocycles. The highest BCUT2D eigenvalue weighted by molar-refractivity contribution is 7.81. The molecule has 0 bridgehead atoms. The Bertz CT molecular complexity index is 507. The molecule has 1 aromatic carbocycles. The van der Waals surface area contributed by atoms with Gasteiger partial charge in [0.05, 0.1) is 5.69 Å². The second-order valence-corrected chi connectivity index (χ2v) is 3.67. The fourth-order valence-corrected chi connectivity index (χ4v) is 1.68. The van der Waals surface area contributed by atoms with Gasteiger partial charge in [-0.15, -0.1) is 0 Å². The summed E-state index contributed by atoms with van der Waals surface area (Å²) in [5, 5.41) is 9.81. The molecule has 1 heterocycles. The zero-order valence-corrected chi connectivity index (χ0v) is 8.69. The van der Waals surface area contributed by atoms with Gasteiger partial charge >= 0.3 is 5.97 Å². The number of benzene rings is 1. The number of carbonyl (C=O) groups is 1. The first kappa shape index (κ1) is 9.98. The first-order valence-corrected chi connectivity index (χ1v) is 4.96. The molecule has 2 aromatic rings. The highest BCUT2D eigenvalue weighted by Crippen LogP contribution is 2.25. The van der Waals surface area contributed by atoms with Crippen molar-refractivity contribution in [3.63, 3.8) is 0 Å². The molecular weight excluding hydrogens is 210 g/mol. The number of hydrogen-bond acceptors (Lipinski definition) is 3. The first-order chi connectivity index (χ1) is 7.20. The Hall–Kier alpha value is -1.55. The number of fused-ring (bicyclic) bond motifs is 1. The molecule has 0 radical (unpaired) electrons. The maximum atomic E-state index is 10.8. The van der Waals surface area contributed by atoms with Crippen LogP contribution in [0.25, 0.3) is 10.8 Å². The van der Waals surface area contributed by atoms with Gasteiger partial charge in [0, 0.05) is 11.6 Å². The standard InChI is InChI=1S/C11H9NO2S/c13-11(14)10(15)9-8-4-2-1-3-7(8)5-6-12-9/h1-6,10,15H,(H,13,14). The number of pyridine rings is 1. The molecule has 0 spiro atoms. The topological polar surface area (TPSA) is 50.2 Å². The molecule has 76 valence electrons. The van der Waals surface area contributed by atoms with Crippen molar-refractivity contribution >= 4 is 29.4 Å². The third-order valence-electron chi connectivity index (χ3n) is 2.20. The summed E-state index contributed by atoms with van der Waals surface area (Å²) >= 11 is 4.03. The van der Waals surface area contributed by atoms with Gasteiger partial charge in [0.1, 0.15) is 5.25 Å². The molecule has 0 aliphatic carbocycles. The van der Waals surface area contributed by atoms with Gasteiger partial charge in [-0.05, 0) is 11.5 Å². The number of aromatic nitrogens is 1. The Labute approximate surface area is 92.2 Å². The number of hydrogen-bond donors (Lipinski definition) is 2. The van der Waals surface area contributed by atoms with Crippen molar-refractivity contribution in [2.75, 3.05) is 0 Å². The lowest BCUT2D eigenvalue weighted by Gasteiger charge is -2.08. The van der Waals surface area contributed by atoms with E-state index in [1.54, 1.807) is 6.20 Å². The third-order valence-corrected chi connectivity index (χ3v) is 2.66. The molecule has 0 amide bonds. The van der Waals surface area contributed by atoms with Crippen LogP contribution in [0, 0.1) is 0 Å². The van der Waals surface area contributed by atoms with Crippen molar-refractivity contribution in [1.82, 2.24) is 4.98 Å². The fourth-order valence-electron chi connectivity index (χ4n) is 1.48. The summed E-state index contributed by atoms with van der Waals surface area (Å²) in [6.07, 6.45) is 1.60. The lowest BCUT2D eigenvalue weighted by Crippen LogP contribution is -2.07. The lowest BCUT2D eigenvalue weighted by molar-refractivity contribution is -0.136. The molecule has 1 atom stereocenters. The van der Waals surface area contributed by atoms with E-state index >= 15 is 0 Å². The predicted molar refractivity (Wildman–Crippen MR) is 61.1 cm³/mol. The quantitative estimate of drug-likeness (QED) is 0.762. The van der Waals surface area contributed by atoms with Crippen LogP contribution >= 0.6 is 12.6 Å². The molecular formula is C11H9NO2S. The zero-order valence-electron chi connectivity index (χ0n) is 7.79. The molecule has 1 N–H and O–H groups in total. The van der Waals surface area contributed by atoms with Crippen LogP contribution in [0.5, 0.6) is 0 Å². The van der Waals surface area contributed by atoms with E-state index in [1.165, 1.54) is 0 Å². The maximum Gasteiger partial charge on any atom is 0.322 e. The van der Waals surface area contributed by atoms with Crippen LogP contribution in [-0.4, -0.2) is 16.1 Å². The van der Waals surface area contributed by atoms with E-state index in [2.05, 4.69) is 17.6 Å². The first-order valence-electron chi connectivity index (χ1n) is 4.44. The van der Waals surface area contributed by atoms with E-state index < -0.39 is 11.2 Å². The molecule has 0 saturated heterocycles. The minimum Gasteiger partial charge on any atom is -0.480 e. The Morgan fingerprint density at radius 2 is 2.07 bits per heavy atom. The van der Waals surface area contributed by atoms with E-state index in [0.717, 1.165) is 10.8 Å². The molecule has 0 aliphatic rings. The van der Waals surface area contributed by atoms with Crippen molar-refractivity contribution in [3.8, 4) is 0 Å². The van der Waals surface area contributed by atoms with Crippen LogP contribution in [0.2, 0.25) is 0 Å². The maximum absolute atomic E-state index is 10.8. The Morgan fingerprint density at radius 1 is 1.33 bits per heavy atom. The Balaban J connectivity index is 2.65. The van der Waals surface area contributed by atoms with E-state index in [1.807, 2.05) is 30.3 Å². The van der Waals surface area contributed by atoms with Gasteiger partial charge in [-0.25, -0.2) is 0 Å². The Kier molecular flexibility index (Phi) is 2.60. The van der Waals surface area contributed by atoms with E-state index in [4.69, 9.17) is 5.11 Å². The summed E-state index contributed by atoms with van der Waals surface area (Å²) in [6, 6.07) is 9.38. The minimum atomic E-state index is -0.984. The van der Waals surface area contributed by atoms with Gasteiger partial charge in [-0.2, -0.15) is 12.6 Å². The number of aliphatic carboxylic acids is 1. The predicted octanol–water partition coefficient (Wildman–Crippen LogP) is 2.29. The molecule has 2 rings (SSSR count).